The Morgan fingerprint density at radius 1 is 1.04 bits per heavy atom. The third-order valence-corrected chi connectivity index (χ3v) is 4.78. The summed E-state index contributed by atoms with van der Waals surface area (Å²) in [5.41, 5.74) is 2.61. The molecular formula is C20H30N4. The van der Waals surface area contributed by atoms with Crippen LogP contribution in [0.3, 0.4) is 0 Å². The van der Waals surface area contributed by atoms with Gasteiger partial charge in [0.2, 0.25) is 0 Å². The van der Waals surface area contributed by atoms with E-state index in [1.54, 1.807) is 6.33 Å². The average molecular weight is 326 g/mol. The van der Waals surface area contributed by atoms with Crippen LogP contribution < -0.4 is 10.6 Å². The number of anilines is 1. The molecule has 1 aliphatic carbocycles. The van der Waals surface area contributed by atoms with Crippen LogP contribution in [0, 0.1) is 12.3 Å². The number of nitrogens with one attached hydrogen (secondary N) is 2. The highest BCUT2D eigenvalue weighted by atomic mass is 15.0. The fourth-order valence-corrected chi connectivity index (χ4v) is 3.37. The fourth-order valence-electron chi connectivity index (χ4n) is 3.37. The van der Waals surface area contributed by atoms with Gasteiger partial charge in [-0.3, -0.25) is 0 Å². The van der Waals surface area contributed by atoms with E-state index in [2.05, 4.69) is 66.5 Å². The summed E-state index contributed by atoms with van der Waals surface area (Å²) < 4.78 is 0. The number of nitrogens with zero attached hydrogens (tertiary/aromatic N) is 2. The van der Waals surface area contributed by atoms with Crippen LogP contribution in [-0.4, -0.2) is 28.6 Å². The summed E-state index contributed by atoms with van der Waals surface area (Å²) in [6, 6.07) is 7.52. The molecule has 4 nitrogen and oxygen atoms in total. The van der Waals surface area contributed by atoms with Gasteiger partial charge < -0.3 is 10.6 Å². The van der Waals surface area contributed by atoms with Crippen molar-refractivity contribution in [3.8, 4) is 0 Å². The van der Waals surface area contributed by atoms with E-state index in [9.17, 15) is 0 Å². The van der Waals surface area contributed by atoms with Crippen molar-refractivity contribution >= 4 is 16.7 Å². The molecule has 1 aromatic heterocycles. The number of aryl methyl sites for hydroxylation is 1. The van der Waals surface area contributed by atoms with Crippen LogP contribution in [0.1, 0.15) is 52.0 Å². The second-order valence-electron chi connectivity index (χ2n) is 8.38. The molecule has 0 radical (unpaired) electrons. The highest BCUT2D eigenvalue weighted by molar-refractivity contribution is 5.89. The molecule has 1 fully saturated rings. The van der Waals surface area contributed by atoms with Gasteiger partial charge in [-0.15, -0.1) is 0 Å². The van der Waals surface area contributed by atoms with Gasteiger partial charge in [-0.25, -0.2) is 9.97 Å². The maximum Gasteiger partial charge on any atom is 0.137 e. The van der Waals surface area contributed by atoms with Crippen LogP contribution >= 0.6 is 0 Å². The van der Waals surface area contributed by atoms with Crippen LogP contribution in [0.5, 0.6) is 0 Å². The molecule has 1 aliphatic rings. The predicted molar refractivity (Wildman–Crippen MR) is 101 cm³/mol. The second kappa shape index (κ2) is 7.06. The zero-order valence-electron chi connectivity index (χ0n) is 15.4. The number of rotatable bonds is 4. The average Bonchev–Trinajstić information content (AvgIpc) is 2.54. The van der Waals surface area contributed by atoms with Crippen molar-refractivity contribution < 1.29 is 0 Å². The predicted octanol–water partition coefficient (Wildman–Crippen LogP) is 4.30. The molecule has 130 valence electrons. The highest BCUT2D eigenvalue weighted by Crippen LogP contribution is 2.26. The van der Waals surface area contributed by atoms with Gasteiger partial charge in [-0.2, -0.15) is 0 Å². The fraction of sp³-hybridized carbons (Fsp3) is 0.600. The van der Waals surface area contributed by atoms with E-state index in [0.29, 0.717) is 17.5 Å². The smallest absolute Gasteiger partial charge is 0.137 e. The van der Waals surface area contributed by atoms with E-state index in [-0.39, 0.29) is 0 Å². The monoisotopic (exact) mass is 326 g/mol. The third kappa shape index (κ3) is 4.44. The Morgan fingerprint density at radius 3 is 2.46 bits per heavy atom. The summed E-state index contributed by atoms with van der Waals surface area (Å²) in [7, 11) is 0. The molecule has 1 heterocycles. The van der Waals surface area contributed by atoms with Gasteiger partial charge in [0.25, 0.3) is 0 Å². The highest BCUT2D eigenvalue weighted by Gasteiger charge is 2.23. The first-order valence-electron chi connectivity index (χ1n) is 9.12. The van der Waals surface area contributed by atoms with E-state index in [1.165, 1.54) is 31.2 Å². The van der Waals surface area contributed by atoms with E-state index in [4.69, 9.17) is 0 Å². The molecule has 3 rings (SSSR count). The first kappa shape index (κ1) is 17.2. The molecule has 0 bridgehead atoms. The van der Waals surface area contributed by atoms with Gasteiger partial charge in [0.15, 0.2) is 0 Å². The molecule has 0 amide bonds. The largest absolute Gasteiger partial charge is 0.367 e. The van der Waals surface area contributed by atoms with Crippen LogP contribution in [0.25, 0.3) is 10.9 Å². The summed E-state index contributed by atoms with van der Waals surface area (Å²) in [5.74, 6) is 0.981. The Bertz CT molecular complexity index is 682. The van der Waals surface area contributed by atoms with Crippen molar-refractivity contribution in [1.29, 1.82) is 0 Å². The molecule has 24 heavy (non-hydrogen) atoms. The van der Waals surface area contributed by atoms with E-state index in [1.807, 2.05) is 0 Å². The lowest BCUT2D eigenvalue weighted by molar-refractivity contribution is 0.299. The van der Waals surface area contributed by atoms with E-state index < -0.39 is 0 Å². The molecule has 4 heteroatoms. The lowest BCUT2D eigenvalue weighted by Crippen LogP contribution is -2.40. The van der Waals surface area contributed by atoms with Gasteiger partial charge in [0.05, 0.1) is 5.52 Å². The zero-order chi connectivity index (χ0) is 17.2. The first-order chi connectivity index (χ1) is 11.4. The number of hydrogen-bond acceptors (Lipinski definition) is 4. The third-order valence-electron chi connectivity index (χ3n) is 4.78. The minimum absolute atomic E-state index is 0.354. The lowest BCUT2D eigenvalue weighted by Gasteiger charge is -2.32. The number of hydrogen-bond donors (Lipinski definition) is 2. The zero-order valence-corrected chi connectivity index (χ0v) is 15.4. The van der Waals surface area contributed by atoms with Crippen molar-refractivity contribution in [1.82, 2.24) is 15.3 Å². The normalized spacial score (nSPS) is 21.8. The van der Waals surface area contributed by atoms with Crippen LogP contribution in [0.2, 0.25) is 0 Å². The summed E-state index contributed by atoms with van der Waals surface area (Å²) in [6.45, 7) is 10.1. The van der Waals surface area contributed by atoms with Gasteiger partial charge >= 0.3 is 0 Å². The van der Waals surface area contributed by atoms with E-state index >= 15 is 0 Å². The topological polar surface area (TPSA) is 49.8 Å². The molecule has 0 saturated heterocycles. The Kier molecular flexibility index (Phi) is 5.04. The molecule has 1 aromatic carbocycles. The summed E-state index contributed by atoms with van der Waals surface area (Å²) in [4.78, 5) is 8.87. The second-order valence-corrected chi connectivity index (χ2v) is 8.38. The summed E-state index contributed by atoms with van der Waals surface area (Å²) >= 11 is 0. The first-order valence-corrected chi connectivity index (χ1v) is 9.12. The lowest BCUT2D eigenvalue weighted by atomic mass is 9.89. The van der Waals surface area contributed by atoms with Crippen molar-refractivity contribution in [3.63, 3.8) is 0 Å². The Labute approximate surface area is 145 Å². The Morgan fingerprint density at radius 2 is 1.75 bits per heavy atom. The molecule has 0 unspecified atom stereocenters. The molecule has 0 aliphatic heterocycles. The van der Waals surface area contributed by atoms with Crippen LogP contribution in [0.4, 0.5) is 5.82 Å². The maximum atomic E-state index is 4.49. The molecule has 0 atom stereocenters. The van der Waals surface area contributed by atoms with Gasteiger partial charge in [-0.05, 0) is 50.2 Å². The van der Waals surface area contributed by atoms with Crippen LogP contribution in [0.15, 0.2) is 24.5 Å². The summed E-state index contributed by atoms with van der Waals surface area (Å²) in [6.07, 6.45) is 6.51. The Balaban J connectivity index is 1.60. The van der Waals surface area contributed by atoms with Crippen molar-refractivity contribution in [3.05, 3.63) is 30.1 Å². The molecule has 2 aromatic rings. The SMILES string of the molecule is Cc1ccc2ncnc(NC3CCC(NCC(C)(C)C)CC3)c2c1. The molecule has 0 spiro atoms. The molecule has 1 saturated carbocycles. The van der Waals surface area contributed by atoms with Crippen LogP contribution in [-0.2, 0) is 0 Å². The number of aromatic nitrogens is 2. The molecule has 2 N–H and O–H groups in total. The summed E-state index contributed by atoms with van der Waals surface area (Å²) in [5, 5.41) is 8.52. The standard InChI is InChI=1S/C20H30N4/c1-14-5-10-18-17(11-14)19(23-13-22-18)24-16-8-6-15(7-9-16)21-12-20(2,3)4/h5,10-11,13,15-16,21H,6-9,12H2,1-4H3,(H,22,23,24). The van der Waals surface area contributed by atoms with Gasteiger partial charge in [0, 0.05) is 24.0 Å². The minimum atomic E-state index is 0.354. The quantitative estimate of drug-likeness (QED) is 0.879. The molecular weight excluding hydrogens is 296 g/mol. The number of benzene rings is 1. The number of fused-ring (bicyclic) bond motifs is 1. The van der Waals surface area contributed by atoms with Crippen molar-refractivity contribution in [2.75, 3.05) is 11.9 Å². The maximum absolute atomic E-state index is 4.49. The van der Waals surface area contributed by atoms with E-state index in [0.717, 1.165) is 23.3 Å². The minimum Gasteiger partial charge on any atom is -0.367 e. The van der Waals surface area contributed by atoms with Crippen molar-refractivity contribution in [2.45, 2.75) is 65.5 Å². The van der Waals surface area contributed by atoms with Gasteiger partial charge in [0.1, 0.15) is 12.1 Å². The van der Waals surface area contributed by atoms with Crippen molar-refractivity contribution in [2.24, 2.45) is 5.41 Å². The van der Waals surface area contributed by atoms with Gasteiger partial charge in [-0.1, -0.05) is 32.4 Å². The Hall–Kier alpha value is -1.68.